The number of hydrogen-bond donors (Lipinski definition) is 1. The molecule has 11 heavy (non-hydrogen) atoms. The van der Waals surface area contributed by atoms with Crippen molar-refractivity contribution in [2.75, 3.05) is 6.61 Å². The molecular formula is C8H16AlNO. The molecule has 1 aliphatic heterocycles. The second kappa shape index (κ2) is 3.37. The van der Waals surface area contributed by atoms with E-state index in [-0.39, 0.29) is 25.3 Å². The van der Waals surface area contributed by atoms with Gasteiger partial charge in [0.25, 0.3) is 0 Å². The third kappa shape index (κ3) is 1.91. The van der Waals surface area contributed by atoms with Gasteiger partial charge >= 0.3 is 73.9 Å². The van der Waals surface area contributed by atoms with Gasteiger partial charge in [0, 0.05) is 0 Å². The molecule has 0 aromatic rings. The molecule has 1 saturated heterocycles. The van der Waals surface area contributed by atoms with Crippen LogP contribution in [0.15, 0.2) is 0 Å². The maximum absolute atomic E-state index is 5.97. The van der Waals surface area contributed by atoms with Crippen molar-refractivity contribution in [1.29, 1.82) is 0 Å². The molecule has 0 amide bonds. The van der Waals surface area contributed by atoms with Crippen LogP contribution in [0, 0.1) is 5.92 Å². The molecule has 1 fully saturated rings. The molecule has 0 aromatic carbocycles. The van der Waals surface area contributed by atoms with E-state index in [1.165, 1.54) is 0 Å². The third-order valence-corrected chi connectivity index (χ3v) is 3.88. The van der Waals surface area contributed by atoms with Crippen LogP contribution in [0.25, 0.3) is 0 Å². The zero-order valence-electron chi connectivity index (χ0n) is 7.34. The van der Waals surface area contributed by atoms with Crippen LogP contribution >= 0.6 is 0 Å². The Balaban J connectivity index is 2.63. The number of nitrogens with two attached hydrogens (primary N) is 1. The normalized spacial score (nSPS) is 45.0. The fraction of sp³-hybridized carbons (Fsp3) is 0.875. The summed E-state index contributed by atoms with van der Waals surface area (Å²) in [5.74, 6) is 0.615. The van der Waals surface area contributed by atoms with E-state index in [1.54, 1.807) is 0 Å². The van der Waals surface area contributed by atoms with Crippen molar-refractivity contribution in [3.63, 3.8) is 0 Å². The van der Waals surface area contributed by atoms with Gasteiger partial charge in [0.15, 0.2) is 0 Å². The molecular weight excluding hydrogens is 153 g/mol. The predicted octanol–water partition coefficient (Wildman–Crippen LogP) is 0.223. The number of rotatable bonds is 1. The molecule has 0 aromatic heterocycles. The van der Waals surface area contributed by atoms with Gasteiger partial charge in [-0.2, -0.15) is 0 Å². The van der Waals surface area contributed by atoms with Crippen molar-refractivity contribution in [2.45, 2.75) is 30.8 Å². The van der Waals surface area contributed by atoms with Crippen molar-refractivity contribution < 1.29 is 4.74 Å². The second-order valence-electron chi connectivity index (χ2n) is 3.65. The Morgan fingerprint density at radius 1 is 1.73 bits per heavy atom. The first-order chi connectivity index (χ1) is 5.08. The molecule has 0 radical (unpaired) electrons. The summed E-state index contributed by atoms with van der Waals surface area (Å²) in [5.41, 5.74) is 5.97. The fourth-order valence-corrected chi connectivity index (χ4v) is 2.03. The van der Waals surface area contributed by atoms with Crippen LogP contribution < -0.4 is 5.73 Å². The zero-order chi connectivity index (χ0) is 8.48. The van der Waals surface area contributed by atoms with Gasteiger partial charge in [0.05, 0.1) is 0 Å². The summed E-state index contributed by atoms with van der Waals surface area (Å²) in [6.07, 6.45) is 1.08. The van der Waals surface area contributed by atoms with E-state index in [1.807, 2.05) is 0 Å². The summed E-state index contributed by atoms with van der Waals surface area (Å²) in [6, 6.07) is 0.193. The summed E-state index contributed by atoms with van der Waals surface area (Å²) in [6.45, 7) is 5.12. The van der Waals surface area contributed by atoms with Gasteiger partial charge in [0.1, 0.15) is 0 Å². The molecule has 2 N–H and O–H groups in total. The van der Waals surface area contributed by atoms with Crippen LogP contribution in [0.3, 0.4) is 0 Å². The van der Waals surface area contributed by atoms with Crippen LogP contribution in [0.1, 0.15) is 20.3 Å². The summed E-state index contributed by atoms with van der Waals surface area (Å²) in [5, 5.41) is 3.93. The van der Waals surface area contributed by atoms with E-state index in [9.17, 15) is 0 Å². The standard InChI is InChI=1S/C7H14NO.CH2.Al/c1-5-3-7(8)6(2)9-4-5;;/h5,7H,3-4,8H2,1-2H3;1H2;/t5?,7-;;/m0../s1. The van der Waals surface area contributed by atoms with Crippen LogP contribution in [-0.2, 0) is 4.74 Å². The van der Waals surface area contributed by atoms with Crippen LogP contribution in [0.5, 0.6) is 0 Å². The molecule has 0 spiro atoms. The van der Waals surface area contributed by atoms with Crippen LogP contribution in [-0.4, -0.2) is 37.3 Å². The Hall–Kier alpha value is 0.322. The maximum atomic E-state index is 5.97. The van der Waals surface area contributed by atoms with E-state index >= 15 is 0 Å². The fourth-order valence-electron chi connectivity index (χ4n) is 1.37. The molecule has 0 bridgehead atoms. The molecule has 3 heteroatoms. The molecule has 1 heterocycles. The van der Waals surface area contributed by atoms with Crippen LogP contribution in [0.4, 0.5) is 0 Å². The van der Waals surface area contributed by atoms with Gasteiger partial charge in [-0.3, -0.25) is 0 Å². The van der Waals surface area contributed by atoms with Gasteiger partial charge in [0.2, 0.25) is 0 Å². The van der Waals surface area contributed by atoms with E-state index < -0.39 is 0 Å². The van der Waals surface area contributed by atoms with E-state index in [0.717, 1.165) is 13.0 Å². The van der Waals surface area contributed by atoms with Crippen molar-refractivity contribution >= 4 is 20.2 Å². The first kappa shape index (κ1) is 9.41. The quantitative estimate of drug-likeness (QED) is 0.570. The molecule has 62 valence electrons. The van der Waals surface area contributed by atoms with Gasteiger partial charge in [-0.05, 0) is 0 Å². The van der Waals surface area contributed by atoms with Gasteiger partial charge in [-0.1, -0.05) is 0 Å². The summed E-state index contributed by atoms with van der Waals surface area (Å²) in [7, 11) is 0. The minimum absolute atomic E-state index is 0.0686. The average molecular weight is 169 g/mol. The average Bonchev–Trinajstić information content (AvgIpc) is 1.98. The first-order valence-corrected chi connectivity index (χ1v) is 5.51. The summed E-state index contributed by atoms with van der Waals surface area (Å²) < 4.78 is 5.60. The Morgan fingerprint density at radius 3 is 2.82 bits per heavy atom. The molecule has 0 saturated carbocycles. The Morgan fingerprint density at radius 2 is 2.36 bits per heavy atom. The van der Waals surface area contributed by atoms with Crippen molar-refractivity contribution in [1.82, 2.24) is 0 Å². The third-order valence-electron chi connectivity index (χ3n) is 2.48. The van der Waals surface area contributed by atoms with E-state index in [2.05, 4.69) is 19.2 Å². The zero-order valence-corrected chi connectivity index (χ0v) is 8.49. The number of hydrogen-bond acceptors (Lipinski definition) is 2. The molecule has 1 aliphatic rings. The van der Waals surface area contributed by atoms with Crippen molar-refractivity contribution in [3.8, 4) is 0 Å². The van der Waals surface area contributed by atoms with E-state index in [0.29, 0.717) is 5.92 Å². The van der Waals surface area contributed by atoms with Crippen LogP contribution in [0.2, 0.25) is 0 Å². The summed E-state index contributed by atoms with van der Waals surface area (Å²) in [4.78, 5) is 0. The molecule has 3 atom stereocenters. The van der Waals surface area contributed by atoms with Crippen molar-refractivity contribution in [2.24, 2.45) is 11.7 Å². The van der Waals surface area contributed by atoms with Gasteiger partial charge < -0.3 is 0 Å². The minimum atomic E-state index is -0.0908. The SMILES string of the molecule is [CH2]=[Al][C@]1(C)OCC(C)C[C@@H]1N. The Labute approximate surface area is 74.4 Å². The Kier molecular flexibility index (Phi) is 2.88. The molecule has 1 unspecified atom stereocenters. The second-order valence-corrected chi connectivity index (χ2v) is 5.20. The predicted molar refractivity (Wildman–Crippen MR) is 49.0 cm³/mol. The van der Waals surface area contributed by atoms with Crippen molar-refractivity contribution in [3.05, 3.63) is 0 Å². The van der Waals surface area contributed by atoms with E-state index in [4.69, 9.17) is 10.5 Å². The monoisotopic (exact) mass is 169 g/mol. The molecule has 2 nitrogen and oxygen atoms in total. The first-order valence-electron chi connectivity index (χ1n) is 4.11. The topological polar surface area (TPSA) is 35.2 Å². The van der Waals surface area contributed by atoms with Gasteiger partial charge in [-0.25, -0.2) is 0 Å². The number of ether oxygens (including phenoxy) is 1. The molecule has 0 aliphatic carbocycles. The summed E-state index contributed by atoms with van der Waals surface area (Å²) >= 11 is 0.0686. The Bertz CT molecular complexity index is 162. The molecule has 1 rings (SSSR count). The van der Waals surface area contributed by atoms with Gasteiger partial charge in [-0.15, -0.1) is 0 Å².